The number of rotatable bonds is 3. The molecule has 1 amide bonds. The van der Waals surface area contributed by atoms with Crippen LogP contribution in [0.5, 0.6) is 0 Å². The van der Waals surface area contributed by atoms with E-state index >= 15 is 0 Å². The monoisotopic (exact) mass is 382 g/mol. The van der Waals surface area contributed by atoms with Gasteiger partial charge in [-0.15, -0.1) is 0 Å². The van der Waals surface area contributed by atoms with E-state index < -0.39 is 0 Å². The van der Waals surface area contributed by atoms with Gasteiger partial charge in [-0.2, -0.15) is 0 Å². The molecule has 2 aromatic rings. The minimum absolute atomic E-state index is 0.0793. The van der Waals surface area contributed by atoms with E-state index in [-0.39, 0.29) is 5.91 Å². The van der Waals surface area contributed by atoms with Crippen molar-refractivity contribution in [2.45, 2.75) is 6.42 Å². The lowest BCUT2D eigenvalue weighted by Gasteiger charge is -2.08. The number of nitrogens with two attached hydrogens (primary N) is 1. The average Bonchev–Trinajstić information content (AvgIpc) is 2.34. The highest BCUT2D eigenvalue weighted by Gasteiger charge is 2.07. The number of halogens is 2. The second-order valence-electron chi connectivity index (χ2n) is 4.09. The second kappa shape index (κ2) is 6.21. The van der Waals surface area contributed by atoms with Gasteiger partial charge in [0.05, 0.1) is 12.1 Å². The van der Waals surface area contributed by atoms with Crippen LogP contribution >= 0.6 is 31.9 Å². The molecule has 0 saturated heterocycles. The second-order valence-corrected chi connectivity index (χ2v) is 5.86. The summed E-state index contributed by atoms with van der Waals surface area (Å²) in [4.78, 5) is 12.0. The minimum Gasteiger partial charge on any atom is -0.399 e. The molecule has 0 atom stereocenters. The molecule has 0 aromatic heterocycles. The highest BCUT2D eigenvalue weighted by atomic mass is 79.9. The summed E-state index contributed by atoms with van der Waals surface area (Å²) in [5.74, 6) is -0.0793. The molecule has 0 aliphatic carbocycles. The van der Waals surface area contributed by atoms with Gasteiger partial charge in [0.1, 0.15) is 0 Å². The Labute approximate surface area is 128 Å². The largest absolute Gasteiger partial charge is 0.399 e. The van der Waals surface area contributed by atoms with E-state index in [1.807, 2.05) is 30.3 Å². The number of nitrogens with one attached hydrogen (secondary N) is 1. The molecule has 5 heteroatoms. The van der Waals surface area contributed by atoms with Crippen molar-refractivity contribution in [3.05, 3.63) is 57.0 Å². The molecule has 2 rings (SSSR count). The van der Waals surface area contributed by atoms with Gasteiger partial charge in [-0.25, -0.2) is 0 Å². The third kappa shape index (κ3) is 4.08. The van der Waals surface area contributed by atoms with Crippen LogP contribution in [0.1, 0.15) is 5.56 Å². The van der Waals surface area contributed by atoms with Gasteiger partial charge in [-0.05, 0) is 51.8 Å². The van der Waals surface area contributed by atoms with Crippen LogP contribution in [-0.4, -0.2) is 5.91 Å². The number of benzene rings is 2. The van der Waals surface area contributed by atoms with Gasteiger partial charge in [0.2, 0.25) is 5.91 Å². The Morgan fingerprint density at radius 3 is 2.68 bits per heavy atom. The maximum absolute atomic E-state index is 12.0. The van der Waals surface area contributed by atoms with Crippen molar-refractivity contribution < 1.29 is 4.79 Å². The van der Waals surface area contributed by atoms with Crippen molar-refractivity contribution in [3.8, 4) is 0 Å². The van der Waals surface area contributed by atoms with Gasteiger partial charge >= 0.3 is 0 Å². The van der Waals surface area contributed by atoms with Crippen LogP contribution in [0.2, 0.25) is 0 Å². The third-order valence-electron chi connectivity index (χ3n) is 2.52. The molecule has 0 heterocycles. The van der Waals surface area contributed by atoms with Crippen LogP contribution in [0.3, 0.4) is 0 Å². The Hall–Kier alpha value is -1.33. The number of carbonyl (C=O) groups is 1. The summed E-state index contributed by atoms with van der Waals surface area (Å²) < 4.78 is 1.76. The Kier molecular flexibility index (Phi) is 4.61. The van der Waals surface area contributed by atoms with Gasteiger partial charge in [-0.3, -0.25) is 4.79 Å². The molecule has 0 radical (unpaired) electrons. The van der Waals surface area contributed by atoms with Gasteiger partial charge in [0.15, 0.2) is 0 Å². The van der Waals surface area contributed by atoms with Crippen molar-refractivity contribution in [2.24, 2.45) is 0 Å². The standard InChI is InChI=1S/C14H12Br2N2O/c15-10-4-5-12(16)13(8-10)18-14(19)7-9-2-1-3-11(17)6-9/h1-6,8H,7,17H2,(H,18,19). The van der Waals surface area contributed by atoms with Crippen LogP contribution < -0.4 is 11.1 Å². The predicted octanol–water partition coefficient (Wildman–Crippen LogP) is 3.98. The number of amides is 1. The highest BCUT2D eigenvalue weighted by Crippen LogP contribution is 2.26. The zero-order valence-electron chi connectivity index (χ0n) is 9.99. The van der Waals surface area contributed by atoms with Gasteiger partial charge in [0.25, 0.3) is 0 Å². The molecule has 19 heavy (non-hydrogen) atoms. The molecule has 3 N–H and O–H groups in total. The normalized spacial score (nSPS) is 10.2. The van der Waals surface area contributed by atoms with Crippen LogP contribution in [-0.2, 0) is 11.2 Å². The lowest BCUT2D eigenvalue weighted by Crippen LogP contribution is -2.14. The Balaban J connectivity index is 2.07. The number of hydrogen-bond acceptors (Lipinski definition) is 2. The molecule has 2 aromatic carbocycles. The highest BCUT2D eigenvalue weighted by molar-refractivity contribution is 9.11. The average molecular weight is 384 g/mol. The molecule has 0 aliphatic rings. The summed E-state index contributed by atoms with van der Waals surface area (Å²) in [6.07, 6.45) is 0.296. The van der Waals surface area contributed by atoms with Crippen molar-refractivity contribution in [3.63, 3.8) is 0 Å². The molecule has 0 aliphatic heterocycles. The van der Waals surface area contributed by atoms with Crippen LogP contribution in [0.15, 0.2) is 51.4 Å². The lowest BCUT2D eigenvalue weighted by atomic mass is 10.1. The molecule has 0 fully saturated rings. The molecule has 0 saturated carbocycles. The van der Waals surface area contributed by atoms with Crippen molar-refractivity contribution in [2.75, 3.05) is 11.1 Å². The fourth-order valence-electron chi connectivity index (χ4n) is 1.68. The van der Waals surface area contributed by atoms with Gasteiger partial charge < -0.3 is 11.1 Å². The van der Waals surface area contributed by atoms with E-state index in [2.05, 4.69) is 37.2 Å². The zero-order valence-corrected chi connectivity index (χ0v) is 13.2. The Bertz CT molecular complexity index is 614. The van der Waals surface area contributed by atoms with Gasteiger partial charge in [-0.1, -0.05) is 28.1 Å². The Morgan fingerprint density at radius 2 is 1.95 bits per heavy atom. The van der Waals surface area contributed by atoms with Gasteiger partial charge in [0, 0.05) is 14.6 Å². The van der Waals surface area contributed by atoms with Crippen LogP contribution in [0, 0.1) is 0 Å². The fraction of sp³-hybridized carbons (Fsp3) is 0.0714. The molecule has 3 nitrogen and oxygen atoms in total. The first-order valence-corrected chi connectivity index (χ1v) is 7.22. The first-order valence-electron chi connectivity index (χ1n) is 5.64. The summed E-state index contributed by atoms with van der Waals surface area (Å²) >= 11 is 6.77. The smallest absolute Gasteiger partial charge is 0.228 e. The van der Waals surface area contributed by atoms with Crippen LogP contribution in [0.25, 0.3) is 0 Å². The number of carbonyl (C=O) groups excluding carboxylic acids is 1. The maximum Gasteiger partial charge on any atom is 0.228 e. The first kappa shape index (κ1) is 14.1. The van der Waals surface area contributed by atoms with Crippen molar-refractivity contribution in [1.29, 1.82) is 0 Å². The van der Waals surface area contributed by atoms with E-state index in [1.54, 1.807) is 12.1 Å². The van der Waals surface area contributed by atoms with E-state index in [0.717, 1.165) is 20.2 Å². The third-order valence-corrected chi connectivity index (χ3v) is 3.70. The molecular weight excluding hydrogens is 372 g/mol. The van der Waals surface area contributed by atoms with Crippen molar-refractivity contribution >= 4 is 49.1 Å². The molecule has 0 spiro atoms. The zero-order chi connectivity index (χ0) is 13.8. The summed E-state index contributed by atoms with van der Waals surface area (Å²) in [6.45, 7) is 0. The first-order chi connectivity index (χ1) is 9.04. The lowest BCUT2D eigenvalue weighted by molar-refractivity contribution is -0.115. The Morgan fingerprint density at radius 1 is 1.16 bits per heavy atom. The number of hydrogen-bond donors (Lipinski definition) is 2. The summed E-state index contributed by atoms with van der Waals surface area (Å²) in [5, 5.41) is 2.86. The fourth-order valence-corrected chi connectivity index (χ4v) is 2.38. The summed E-state index contributed by atoms with van der Waals surface area (Å²) in [5.41, 5.74) is 7.98. The molecular formula is C14H12Br2N2O. The van der Waals surface area contributed by atoms with E-state index in [9.17, 15) is 4.79 Å². The summed E-state index contributed by atoms with van der Waals surface area (Å²) in [6, 6.07) is 12.9. The predicted molar refractivity (Wildman–Crippen MR) is 85.0 cm³/mol. The van der Waals surface area contributed by atoms with E-state index in [0.29, 0.717) is 12.1 Å². The molecule has 0 unspecified atom stereocenters. The summed E-state index contributed by atoms with van der Waals surface area (Å²) in [7, 11) is 0. The molecule has 98 valence electrons. The van der Waals surface area contributed by atoms with Crippen molar-refractivity contribution in [1.82, 2.24) is 0 Å². The maximum atomic E-state index is 12.0. The van der Waals surface area contributed by atoms with E-state index in [1.165, 1.54) is 0 Å². The van der Waals surface area contributed by atoms with E-state index in [4.69, 9.17) is 5.73 Å². The number of nitrogen functional groups attached to an aromatic ring is 1. The van der Waals surface area contributed by atoms with Crippen LogP contribution in [0.4, 0.5) is 11.4 Å². The quantitative estimate of drug-likeness (QED) is 0.787. The SMILES string of the molecule is Nc1cccc(CC(=O)Nc2cc(Br)ccc2Br)c1. The minimum atomic E-state index is -0.0793. The topological polar surface area (TPSA) is 55.1 Å². The molecule has 0 bridgehead atoms. The number of anilines is 2.